The smallest absolute Gasteiger partial charge is 0.157 e. The molecule has 1 N–H and O–H groups in total. The van der Waals surface area contributed by atoms with Crippen molar-refractivity contribution in [1.29, 1.82) is 0 Å². The zero-order valence-electron chi connectivity index (χ0n) is 29.0. The summed E-state index contributed by atoms with van der Waals surface area (Å²) in [7, 11) is 6.34. The molecular formula is C37H77NO2P+. The molecule has 0 aliphatic carbocycles. The molecule has 4 heteroatoms. The van der Waals surface area contributed by atoms with E-state index in [2.05, 4.69) is 35.0 Å². The third-order valence-corrected chi connectivity index (χ3v) is 9.92. The van der Waals surface area contributed by atoms with Crippen LogP contribution in [0.3, 0.4) is 0 Å². The maximum absolute atomic E-state index is 13.2. The van der Waals surface area contributed by atoms with E-state index in [1.165, 1.54) is 167 Å². The van der Waals surface area contributed by atoms with Crippen molar-refractivity contribution >= 4 is 14.1 Å². The summed E-state index contributed by atoms with van der Waals surface area (Å²) in [6.45, 7) is 5.24. The number of hydrogen-bond acceptors (Lipinski definition) is 2. The highest BCUT2D eigenvalue weighted by molar-refractivity contribution is 7.58. The van der Waals surface area contributed by atoms with E-state index in [9.17, 15) is 9.90 Å². The van der Waals surface area contributed by atoms with E-state index in [-0.39, 0.29) is 14.5 Å². The monoisotopic (exact) mass is 599 g/mol. The van der Waals surface area contributed by atoms with E-state index in [4.69, 9.17) is 0 Å². The van der Waals surface area contributed by atoms with Crippen molar-refractivity contribution in [2.24, 2.45) is 5.92 Å². The molecule has 0 aliphatic heterocycles. The van der Waals surface area contributed by atoms with Gasteiger partial charge in [-0.15, -0.1) is 0 Å². The van der Waals surface area contributed by atoms with Crippen molar-refractivity contribution in [1.82, 2.24) is 0 Å². The summed E-state index contributed by atoms with van der Waals surface area (Å²) >= 11 is 0. The molecule has 0 spiro atoms. The van der Waals surface area contributed by atoms with Crippen LogP contribution in [0, 0.1) is 5.92 Å². The van der Waals surface area contributed by atoms with Crippen molar-refractivity contribution in [3.63, 3.8) is 0 Å². The van der Waals surface area contributed by atoms with Gasteiger partial charge in [0.1, 0.15) is 12.4 Å². The Hall–Kier alpha value is 0.0200. The molecule has 3 atom stereocenters. The lowest BCUT2D eigenvalue weighted by atomic mass is 9.95. The third-order valence-electron chi connectivity index (χ3n) is 8.71. The molecule has 246 valence electrons. The fraction of sp³-hybridized carbons (Fsp3) is 0.973. The molecule has 0 aliphatic rings. The third kappa shape index (κ3) is 31.3. The summed E-state index contributed by atoms with van der Waals surface area (Å²) < 4.78 is 0.712. The van der Waals surface area contributed by atoms with Gasteiger partial charge in [-0.3, -0.25) is 4.79 Å². The minimum Gasteiger partial charge on any atom is -0.383 e. The fourth-order valence-electron chi connectivity index (χ4n) is 6.07. The van der Waals surface area contributed by atoms with Crippen LogP contribution in [-0.2, 0) is 4.79 Å². The fourth-order valence-corrected chi connectivity index (χ4v) is 7.56. The SMILES string of the molecule is CCCCCCCCCCCCCCCCC(CCCCCCCCCCCCCC)C(=O)PC(O)C[N+](C)(C)C. The van der Waals surface area contributed by atoms with Gasteiger partial charge < -0.3 is 9.59 Å². The molecule has 41 heavy (non-hydrogen) atoms. The topological polar surface area (TPSA) is 37.3 Å². The second kappa shape index (κ2) is 30.1. The molecule has 0 saturated heterocycles. The first-order chi connectivity index (χ1) is 19.8. The zero-order chi connectivity index (χ0) is 30.4. The Balaban J connectivity index is 4.09. The van der Waals surface area contributed by atoms with E-state index in [0.717, 1.165) is 12.8 Å². The Morgan fingerprint density at radius 3 is 1.05 bits per heavy atom. The number of aliphatic hydroxyl groups excluding tert-OH is 1. The highest BCUT2D eigenvalue weighted by Crippen LogP contribution is 2.30. The van der Waals surface area contributed by atoms with Gasteiger partial charge in [0.05, 0.1) is 21.1 Å². The largest absolute Gasteiger partial charge is 0.383 e. The number of aliphatic hydroxyl groups is 1. The molecule has 0 fully saturated rings. The van der Waals surface area contributed by atoms with E-state index in [1.54, 1.807) is 0 Å². The van der Waals surface area contributed by atoms with Crippen LogP contribution < -0.4 is 0 Å². The standard InChI is InChI=1S/C37H77NO2P/c1-6-8-10-12-14-16-18-20-21-23-25-27-29-31-33-35(37(40)41-36(39)34-38(3,4)5)32-30-28-26-24-22-19-17-15-13-11-9-7-2/h35-36,39,41H,6-34H2,1-5H3/q+1. The number of carbonyl (C=O) groups is 1. The molecule has 0 heterocycles. The van der Waals surface area contributed by atoms with E-state index in [0.29, 0.717) is 16.6 Å². The van der Waals surface area contributed by atoms with Gasteiger partial charge in [0, 0.05) is 5.92 Å². The van der Waals surface area contributed by atoms with E-state index >= 15 is 0 Å². The van der Waals surface area contributed by atoms with Crippen molar-refractivity contribution in [2.75, 3.05) is 27.7 Å². The van der Waals surface area contributed by atoms with Crippen LogP contribution in [0.2, 0.25) is 0 Å². The Morgan fingerprint density at radius 1 is 0.512 bits per heavy atom. The lowest BCUT2D eigenvalue weighted by molar-refractivity contribution is -0.871. The highest BCUT2D eigenvalue weighted by Gasteiger charge is 2.24. The first-order valence-electron chi connectivity index (χ1n) is 18.6. The average Bonchev–Trinajstić information content (AvgIpc) is 2.91. The molecule has 0 aromatic rings. The van der Waals surface area contributed by atoms with Gasteiger partial charge in [-0.25, -0.2) is 0 Å². The van der Waals surface area contributed by atoms with Crippen LogP contribution >= 0.6 is 8.58 Å². The van der Waals surface area contributed by atoms with Gasteiger partial charge in [0.15, 0.2) is 5.52 Å². The molecule has 0 amide bonds. The van der Waals surface area contributed by atoms with Gasteiger partial charge in [-0.1, -0.05) is 181 Å². The van der Waals surface area contributed by atoms with E-state index < -0.39 is 5.85 Å². The van der Waals surface area contributed by atoms with Crippen molar-refractivity contribution < 1.29 is 14.4 Å². The molecule has 0 bridgehead atoms. The van der Waals surface area contributed by atoms with Gasteiger partial charge in [0.25, 0.3) is 0 Å². The second-order valence-corrected chi connectivity index (χ2v) is 15.7. The number of carbonyl (C=O) groups excluding carboxylic acids is 1. The van der Waals surface area contributed by atoms with Crippen LogP contribution in [0.4, 0.5) is 0 Å². The number of hydrogen-bond donors (Lipinski definition) is 1. The first kappa shape index (κ1) is 41.0. The summed E-state index contributed by atoms with van der Waals surface area (Å²) in [5.41, 5.74) is 0.351. The summed E-state index contributed by atoms with van der Waals surface area (Å²) in [4.78, 5) is 13.2. The molecule has 0 saturated carbocycles. The maximum atomic E-state index is 13.2. The lowest BCUT2D eigenvalue weighted by Crippen LogP contribution is -2.40. The van der Waals surface area contributed by atoms with Crippen LogP contribution in [0.15, 0.2) is 0 Å². The van der Waals surface area contributed by atoms with Crippen molar-refractivity contribution in [3.05, 3.63) is 0 Å². The van der Waals surface area contributed by atoms with Crippen LogP contribution in [-0.4, -0.2) is 48.6 Å². The summed E-state index contributed by atoms with van der Waals surface area (Å²) in [6.07, 6.45) is 37.7. The van der Waals surface area contributed by atoms with Crippen molar-refractivity contribution in [2.45, 2.75) is 199 Å². The molecule has 3 unspecified atom stereocenters. The van der Waals surface area contributed by atoms with E-state index in [1.807, 2.05) is 0 Å². The van der Waals surface area contributed by atoms with Gasteiger partial charge in [-0.05, 0) is 21.4 Å². The van der Waals surface area contributed by atoms with Gasteiger partial charge in [0.2, 0.25) is 0 Å². The molecule has 0 aromatic carbocycles. The predicted octanol–water partition coefficient (Wildman–Crippen LogP) is 11.8. The minimum absolute atomic E-state index is 0.0569. The molecular weight excluding hydrogens is 521 g/mol. The van der Waals surface area contributed by atoms with Crippen LogP contribution in [0.1, 0.15) is 194 Å². The van der Waals surface area contributed by atoms with Gasteiger partial charge in [-0.2, -0.15) is 0 Å². The maximum Gasteiger partial charge on any atom is 0.157 e. The molecule has 0 aromatic heterocycles. The zero-order valence-corrected chi connectivity index (χ0v) is 30.0. The quantitative estimate of drug-likeness (QED) is 0.0463. The predicted molar refractivity (Wildman–Crippen MR) is 186 cm³/mol. The van der Waals surface area contributed by atoms with Crippen LogP contribution in [0.25, 0.3) is 0 Å². The molecule has 0 radical (unpaired) electrons. The number of unbranched alkanes of at least 4 members (excludes halogenated alkanes) is 24. The Morgan fingerprint density at radius 2 is 0.780 bits per heavy atom. The lowest BCUT2D eigenvalue weighted by Gasteiger charge is -2.27. The van der Waals surface area contributed by atoms with Gasteiger partial charge >= 0.3 is 0 Å². The number of rotatable bonds is 33. The van der Waals surface area contributed by atoms with Crippen molar-refractivity contribution in [3.8, 4) is 0 Å². The Labute approximate surface area is 261 Å². The normalized spacial score (nSPS) is 13.8. The Bertz CT molecular complexity index is 548. The molecule has 3 nitrogen and oxygen atoms in total. The van der Waals surface area contributed by atoms with Crippen LogP contribution in [0.5, 0.6) is 0 Å². The summed E-state index contributed by atoms with van der Waals surface area (Å²) in [6, 6.07) is 0. The number of quaternary nitrogens is 1. The summed E-state index contributed by atoms with van der Waals surface area (Å²) in [5.74, 6) is -0.306. The second-order valence-electron chi connectivity index (χ2n) is 14.3. The Kier molecular flexibility index (Phi) is 30.1. The number of nitrogens with zero attached hydrogens (tertiary/aromatic N) is 1. The number of likely N-dealkylation sites (N-methyl/N-ethyl adjacent to an activating group) is 1. The first-order valence-corrected chi connectivity index (χ1v) is 19.7. The highest BCUT2D eigenvalue weighted by atomic mass is 31.1. The summed E-state index contributed by atoms with van der Waals surface area (Å²) in [5, 5.41) is 10.5. The minimum atomic E-state index is -0.483. The molecule has 0 rings (SSSR count). The average molecular weight is 599 g/mol.